The Bertz CT molecular complexity index is 796. The summed E-state index contributed by atoms with van der Waals surface area (Å²) in [6.45, 7) is 2.11. The van der Waals surface area contributed by atoms with Crippen LogP contribution in [-0.4, -0.2) is 56.3 Å². The van der Waals surface area contributed by atoms with Crippen LogP contribution in [0.2, 0.25) is 0 Å². The standard InChI is InChI=1S/C15H17F3N6O/c16-15(17,18)14-20-19-11-3-4-12(21-24(11)14)22-8-5-10(6-9-22)23-7-1-2-13(23)25/h3-4,10H,1-2,5-9H2. The first kappa shape index (κ1) is 16.1. The maximum atomic E-state index is 13.0. The first-order valence-corrected chi connectivity index (χ1v) is 8.27. The van der Waals surface area contributed by atoms with Gasteiger partial charge in [0.2, 0.25) is 5.91 Å². The van der Waals surface area contributed by atoms with Gasteiger partial charge in [0.25, 0.3) is 5.82 Å². The second-order valence-electron chi connectivity index (χ2n) is 6.39. The third-order valence-corrected chi connectivity index (χ3v) is 4.84. The van der Waals surface area contributed by atoms with E-state index in [1.165, 1.54) is 6.07 Å². The van der Waals surface area contributed by atoms with E-state index in [9.17, 15) is 18.0 Å². The van der Waals surface area contributed by atoms with Crippen LogP contribution in [0, 0.1) is 0 Å². The Morgan fingerprint density at radius 2 is 1.84 bits per heavy atom. The third-order valence-electron chi connectivity index (χ3n) is 4.84. The first-order chi connectivity index (χ1) is 11.9. The maximum Gasteiger partial charge on any atom is 0.453 e. The smallest absolute Gasteiger partial charge is 0.355 e. The van der Waals surface area contributed by atoms with Gasteiger partial charge in [-0.25, -0.2) is 0 Å². The number of fused-ring (bicyclic) bond motifs is 1. The average molecular weight is 354 g/mol. The summed E-state index contributed by atoms with van der Waals surface area (Å²) in [7, 11) is 0. The summed E-state index contributed by atoms with van der Waals surface area (Å²) in [4.78, 5) is 15.7. The minimum Gasteiger partial charge on any atom is -0.355 e. The highest BCUT2D eigenvalue weighted by Gasteiger charge is 2.38. The number of rotatable bonds is 2. The van der Waals surface area contributed by atoms with Crippen molar-refractivity contribution >= 4 is 17.4 Å². The number of hydrogen-bond acceptors (Lipinski definition) is 5. The fourth-order valence-corrected chi connectivity index (χ4v) is 3.59. The number of alkyl halides is 3. The Kier molecular flexibility index (Phi) is 3.77. The molecule has 2 aliphatic heterocycles. The van der Waals surface area contributed by atoms with Crippen LogP contribution < -0.4 is 4.90 Å². The topological polar surface area (TPSA) is 66.6 Å². The molecule has 4 rings (SSSR count). The molecule has 0 radical (unpaired) electrons. The van der Waals surface area contributed by atoms with Crippen molar-refractivity contribution in [3.8, 4) is 0 Å². The van der Waals surface area contributed by atoms with Gasteiger partial charge in [-0.2, -0.15) is 17.7 Å². The maximum absolute atomic E-state index is 13.0. The predicted molar refractivity (Wildman–Crippen MR) is 82.0 cm³/mol. The number of aromatic nitrogens is 4. The lowest BCUT2D eigenvalue weighted by Gasteiger charge is -2.37. The molecule has 2 aromatic heterocycles. The van der Waals surface area contributed by atoms with Crippen molar-refractivity contribution in [1.29, 1.82) is 0 Å². The number of likely N-dealkylation sites (tertiary alicyclic amines) is 1. The van der Waals surface area contributed by atoms with Gasteiger partial charge in [-0.15, -0.1) is 15.3 Å². The summed E-state index contributed by atoms with van der Waals surface area (Å²) in [6, 6.07) is 3.36. The number of piperidine rings is 1. The van der Waals surface area contributed by atoms with E-state index < -0.39 is 12.0 Å². The van der Waals surface area contributed by atoms with Crippen molar-refractivity contribution in [3.05, 3.63) is 18.0 Å². The number of carbonyl (C=O) groups is 1. The van der Waals surface area contributed by atoms with Gasteiger partial charge in [-0.3, -0.25) is 4.79 Å². The highest BCUT2D eigenvalue weighted by molar-refractivity contribution is 5.78. The number of hydrogen-bond donors (Lipinski definition) is 0. The molecule has 2 fully saturated rings. The molecule has 1 amide bonds. The molecule has 10 heteroatoms. The second-order valence-corrected chi connectivity index (χ2v) is 6.39. The summed E-state index contributed by atoms with van der Waals surface area (Å²) in [6.07, 6.45) is -1.49. The molecule has 2 aliphatic rings. The zero-order valence-corrected chi connectivity index (χ0v) is 13.4. The number of nitrogens with zero attached hydrogens (tertiary/aromatic N) is 6. The summed E-state index contributed by atoms with van der Waals surface area (Å²) in [5.41, 5.74) is 0.0635. The van der Waals surface area contributed by atoms with Crippen LogP contribution >= 0.6 is 0 Å². The van der Waals surface area contributed by atoms with Gasteiger partial charge in [0.15, 0.2) is 5.65 Å². The highest BCUT2D eigenvalue weighted by Crippen LogP contribution is 2.29. The molecule has 0 bridgehead atoms. The molecule has 0 atom stereocenters. The van der Waals surface area contributed by atoms with Gasteiger partial charge >= 0.3 is 6.18 Å². The fourth-order valence-electron chi connectivity index (χ4n) is 3.59. The number of carbonyl (C=O) groups excluding carboxylic acids is 1. The number of halogens is 3. The lowest BCUT2D eigenvalue weighted by molar-refractivity contribution is -0.146. The molecule has 25 heavy (non-hydrogen) atoms. The summed E-state index contributed by atoms with van der Waals surface area (Å²) in [5, 5.41) is 10.8. The molecular formula is C15H17F3N6O. The molecule has 0 spiro atoms. The average Bonchev–Trinajstić information content (AvgIpc) is 3.20. The molecule has 4 heterocycles. The molecule has 0 N–H and O–H groups in total. The van der Waals surface area contributed by atoms with Gasteiger partial charge in [0.1, 0.15) is 5.82 Å². The van der Waals surface area contributed by atoms with Gasteiger partial charge in [0, 0.05) is 32.1 Å². The quantitative estimate of drug-likeness (QED) is 0.822. The minimum atomic E-state index is -4.60. The van der Waals surface area contributed by atoms with Crippen LogP contribution in [0.4, 0.5) is 19.0 Å². The van der Waals surface area contributed by atoms with Gasteiger partial charge in [0.05, 0.1) is 0 Å². The van der Waals surface area contributed by atoms with Crippen molar-refractivity contribution in [2.45, 2.75) is 37.9 Å². The highest BCUT2D eigenvalue weighted by atomic mass is 19.4. The summed E-state index contributed by atoms with van der Waals surface area (Å²) < 4.78 is 39.7. The van der Waals surface area contributed by atoms with Crippen LogP contribution in [0.3, 0.4) is 0 Å². The largest absolute Gasteiger partial charge is 0.453 e. The van der Waals surface area contributed by atoms with Crippen molar-refractivity contribution < 1.29 is 18.0 Å². The summed E-state index contributed by atoms with van der Waals surface area (Å²) in [5.74, 6) is -0.455. The van der Waals surface area contributed by atoms with Crippen LogP contribution in [0.1, 0.15) is 31.5 Å². The van der Waals surface area contributed by atoms with E-state index in [1.54, 1.807) is 6.07 Å². The zero-order valence-electron chi connectivity index (χ0n) is 13.4. The molecule has 7 nitrogen and oxygen atoms in total. The van der Waals surface area contributed by atoms with E-state index in [-0.39, 0.29) is 17.6 Å². The van der Waals surface area contributed by atoms with Crippen LogP contribution in [0.25, 0.3) is 5.65 Å². The first-order valence-electron chi connectivity index (χ1n) is 8.27. The van der Waals surface area contributed by atoms with E-state index >= 15 is 0 Å². The van der Waals surface area contributed by atoms with Crippen LogP contribution in [0.15, 0.2) is 12.1 Å². The van der Waals surface area contributed by atoms with Gasteiger partial charge in [-0.1, -0.05) is 0 Å². The molecule has 0 aromatic carbocycles. The van der Waals surface area contributed by atoms with Crippen LogP contribution in [-0.2, 0) is 11.0 Å². The lowest BCUT2D eigenvalue weighted by Crippen LogP contribution is -2.45. The Morgan fingerprint density at radius 3 is 2.48 bits per heavy atom. The fraction of sp³-hybridized carbons (Fsp3) is 0.600. The van der Waals surface area contributed by atoms with Crippen molar-refractivity contribution in [1.82, 2.24) is 24.7 Å². The molecule has 0 unspecified atom stereocenters. The van der Waals surface area contributed by atoms with Crippen molar-refractivity contribution in [2.24, 2.45) is 0 Å². The lowest BCUT2D eigenvalue weighted by atomic mass is 10.0. The normalized spacial score (nSPS) is 20.0. The van der Waals surface area contributed by atoms with E-state index in [0.29, 0.717) is 25.3 Å². The molecule has 2 aromatic rings. The van der Waals surface area contributed by atoms with Gasteiger partial charge < -0.3 is 9.80 Å². The second kappa shape index (κ2) is 5.85. The van der Waals surface area contributed by atoms with Crippen LogP contribution in [0.5, 0.6) is 0 Å². The molecular weight excluding hydrogens is 337 g/mol. The Balaban J connectivity index is 1.52. The summed E-state index contributed by atoms with van der Waals surface area (Å²) >= 11 is 0. The number of amides is 1. The monoisotopic (exact) mass is 354 g/mol. The van der Waals surface area contributed by atoms with Crippen molar-refractivity contribution in [2.75, 3.05) is 24.5 Å². The minimum absolute atomic E-state index is 0.0635. The number of anilines is 1. The van der Waals surface area contributed by atoms with Gasteiger partial charge in [-0.05, 0) is 31.4 Å². The van der Waals surface area contributed by atoms with Crippen molar-refractivity contribution in [3.63, 3.8) is 0 Å². The van der Waals surface area contributed by atoms with E-state index in [2.05, 4.69) is 15.3 Å². The zero-order chi connectivity index (χ0) is 17.6. The Morgan fingerprint density at radius 1 is 1.08 bits per heavy atom. The molecule has 0 saturated carbocycles. The Labute approximate surface area is 141 Å². The van der Waals surface area contributed by atoms with E-state index in [4.69, 9.17) is 0 Å². The molecule has 0 aliphatic carbocycles. The molecule has 2 saturated heterocycles. The molecule has 134 valence electrons. The third kappa shape index (κ3) is 2.89. The SMILES string of the molecule is O=C1CCCN1C1CCN(c2ccc3nnc(C(F)(F)F)n3n2)CC1. The van der Waals surface area contributed by atoms with E-state index in [1.807, 2.05) is 9.80 Å². The Hall–Kier alpha value is -2.39. The van der Waals surface area contributed by atoms with E-state index in [0.717, 1.165) is 30.3 Å². The predicted octanol–water partition coefficient (Wildman–Crippen LogP) is 1.73.